The molecule has 0 radical (unpaired) electrons. The molecular formula is C13H16BrN3. The predicted molar refractivity (Wildman–Crippen MR) is 74.1 cm³/mol. The van der Waals surface area contributed by atoms with Crippen LogP contribution in [0.5, 0.6) is 0 Å². The number of aromatic nitrogens is 2. The van der Waals surface area contributed by atoms with Gasteiger partial charge in [-0.3, -0.25) is 4.68 Å². The molecule has 0 saturated heterocycles. The lowest BCUT2D eigenvalue weighted by atomic mass is 10.2. The van der Waals surface area contributed by atoms with E-state index in [1.165, 1.54) is 5.56 Å². The molecule has 0 bridgehead atoms. The van der Waals surface area contributed by atoms with Gasteiger partial charge in [0.2, 0.25) is 0 Å². The lowest BCUT2D eigenvalue weighted by Crippen LogP contribution is -2.01. The van der Waals surface area contributed by atoms with Crippen LogP contribution in [0.15, 0.2) is 41.1 Å². The van der Waals surface area contributed by atoms with Crippen LogP contribution in [0.1, 0.15) is 25.5 Å². The molecule has 2 aromatic rings. The molecule has 0 atom stereocenters. The van der Waals surface area contributed by atoms with Gasteiger partial charge in [0.1, 0.15) is 0 Å². The summed E-state index contributed by atoms with van der Waals surface area (Å²) < 4.78 is 3.08. The Morgan fingerprint density at radius 1 is 1.35 bits per heavy atom. The van der Waals surface area contributed by atoms with Crippen LogP contribution in [0.4, 0.5) is 5.69 Å². The quantitative estimate of drug-likeness (QED) is 0.928. The summed E-state index contributed by atoms with van der Waals surface area (Å²) in [5.41, 5.74) is 2.29. The fraction of sp³-hybridized carbons (Fsp3) is 0.308. The molecule has 1 aromatic carbocycles. The third-order valence-electron chi connectivity index (χ3n) is 2.57. The summed E-state index contributed by atoms with van der Waals surface area (Å²) in [6.07, 6.45) is 3.89. The molecule has 0 aliphatic carbocycles. The molecule has 0 saturated carbocycles. The van der Waals surface area contributed by atoms with Crippen LogP contribution < -0.4 is 5.32 Å². The Kier molecular flexibility index (Phi) is 3.84. The molecule has 0 spiro atoms. The summed E-state index contributed by atoms with van der Waals surface area (Å²) >= 11 is 3.54. The molecule has 0 amide bonds. The van der Waals surface area contributed by atoms with Crippen molar-refractivity contribution in [1.82, 2.24) is 9.78 Å². The summed E-state index contributed by atoms with van der Waals surface area (Å²) in [5, 5.41) is 7.66. The Hall–Kier alpha value is -1.29. The van der Waals surface area contributed by atoms with Crippen LogP contribution in [0, 0.1) is 0 Å². The first-order valence-corrected chi connectivity index (χ1v) is 6.47. The zero-order valence-corrected chi connectivity index (χ0v) is 11.6. The normalized spacial score (nSPS) is 10.8. The molecule has 0 unspecified atom stereocenters. The third-order valence-corrected chi connectivity index (χ3v) is 3.35. The minimum absolute atomic E-state index is 0.397. The van der Waals surface area contributed by atoms with Crippen molar-refractivity contribution in [1.29, 1.82) is 0 Å². The van der Waals surface area contributed by atoms with Crippen molar-refractivity contribution in [3.05, 3.63) is 46.7 Å². The number of nitrogens with zero attached hydrogens (tertiary/aromatic N) is 2. The van der Waals surface area contributed by atoms with Crippen molar-refractivity contribution < 1.29 is 0 Å². The van der Waals surface area contributed by atoms with Crippen molar-refractivity contribution in [3.8, 4) is 0 Å². The van der Waals surface area contributed by atoms with E-state index in [9.17, 15) is 0 Å². The van der Waals surface area contributed by atoms with Gasteiger partial charge in [-0.05, 0) is 25.5 Å². The first kappa shape index (κ1) is 12.2. The second kappa shape index (κ2) is 5.36. The zero-order chi connectivity index (χ0) is 12.3. The fourth-order valence-electron chi connectivity index (χ4n) is 1.55. The van der Waals surface area contributed by atoms with Crippen LogP contribution in [-0.4, -0.2) is 9.78 Å². The Morgan fingerprint density at radius 3 is 2.76 bits per heavy atom. The molecule has 3 nitrogen and oxygen atoms in total. The fourth-order valence-corrected chi connectivity index (χ4v) is 1.98. The van der Waals surface area contributed by atoms with Crippen molar-refractivity contribution in [2.75, 3.05) is 5.32 Å². The van der Waals surface area contributed by atoms with E-state index in [4.69, 9.17) is 0 Å². The van der Waals surface area contributed by atoms with Gasteiger partial charge in [0.25, 0.3) is 0 Å². The van der Waals surface area contributed by atoms with Crippen molar-refractivity contribution in [3.63, 3.8) is 0 Å². The van der Waals surface area contributed by atoms with E-state index in [-0.39, 0.29) is 0 Å². The zero-order valence-electron chi connectivity index (χ0n) is 10.0. The van der Waals surface area contributed by atoms with Gasteiger partial charge in [0.05, 0.1) is 11.9 Å². The van der Waals surface area contributed by atoms with Gasteiger partial charge in [-0.2, -0.15) is 5.10 Å². The van der Waals surface area contributed by atoms with E-state index in [0.29, 0.717) is 6.04 Å². The number of benzene rings is 1. The Labute approximate surface area is 110 Å². The molecule has 0 fully saturated rings. The van der Waals surface area contributed by atoms with Gasteiger partial charge in [-0.15, -0.1) is 0 Å². The molecular weight excluding hydrogens is 278 g/mol. The number of hydrogen-bond acceptors (Lipinski definition) is 2. The predicted octanol–water partition coefficient (Wildman–Crippen LogP) is 3.84. The molecule has 0 aliphatic heterocycles. The van der Waals surface area contributed by atoms with Crippen LogP contribution in [0.25, 0.3) is 0 Å². The molecule has 0 aliphatic rings. The molecule has 4 heteroatoms. The molecule has 17 heavy (non-hydrogen) atoms. The maximum atomic E-state index is 4.29. The van der Waals surface area contributed by atoms with Gasteiger partial charge in [0, 0.05) is 23.3 Å². The van der Waals surface area contributed by atoms with Gasteiger partial charge in [0.15, 0.2) is 0 Å². The maximum Gasteiger partial charge on any atom is 0.0729 e. The van der Waals surface area contributed by atoms with Gasteiger partial charge in [-0.25, -0.2) is 0 Å². The summed E-state index contributed by atoms with van der Waals surface area (Å²) in [6, 6.07) is 8.61. The van der Waals surface area contributed by atoms with Crippen LogP contribution in [-0.2, 0) is 6.54 Å². The Morgan fingerprint density at radius 2 is 2.12 bits per heavy atom. The van der Waals surface area contributed by atoms with E-state index in [1.807, 2.05) is 29.2 Å². The van der Waals surface area contributed by atoms with E-state index >= 15 is 0 Å². The summed E-state index contributed by atoms with van der Waals surface area (Å²) in [6.45, 7) is 5.03. The standard InChI is InChI=1S/C13H16BrN3/c1-10(2)17-9-12(8-16-17)15-7-11-5-3-4-6-13(11)14/h3-6,8-10,15H,7H2,1-2H3. The summed E-state index contributed by atoms with van der Waals surface area (Å²) in [4.78, 5) is 0. The van der Waals surface area contributed by atoms with Crippen LogP contribution >= 0.6 is 15.9 Å². The number of anilines is 1. The number of halogens is 1. The average molecular weight is 294 g/mol. The Bertz CT molecular complexity index is 491. The van der Waals surface area contributed by atoms with Gasteiger partial charge >= 0.3 is 0 Å². The topological polar surface area (TPSA) is 29.9 Å². The third kappa shape index (κ3) is 3.09. The minimum Gasteiger partial charge on any atom is -0.378 e. The highest BCUT2D eigenvalue weighted by Gasteiger charge is 2.02. The van der Waals surface area contributed by atoms with Crippen molar-refractivity contribution in [2.24, 2.45) is 0 Å². The summed E-state index contributed by atoms with van der Waals surface area (Å²) in [5.74, 6) is 0. The maximum absolute atomic E-state index is 4.29. The first-order chi connectivity index (χ1) is 8.16. The van der Waals surface area contributed by atoms with Gasteiger partial charge in [-0.1, -0.05) is 34.1 Å². The summed E-state index contributed by atoms with van der Waals surface area (Å²) in [7, 11) is 0. The molecule has 90 valence electrons. The van der Waals surface area contributed by atoms with Gasteiger partial charge < -0.3 is 5.32 Å². The van der Waals surface area contributed by atoms with E-state index in [0.717, 1.165) is 16.7 Å². The van der Waals surface area contributed by atoms with Crippen LogP contribution in [0.3, 0.4) is 0 Å². The van der Waals surface area contributed by atoms with E-state index in [1.54, 1.807) is 0 Å². The lowest BCUT2D eigenvalue weighted by Gasteiger charge is -2.06. The number of rotatable bonds is 4. The molecule has 2 rings (SSSR count). The van der Waals surface area contributed by atoms with Crippen molar-refractivity contribution in [2.45, 2.75) is 26.4 Å². The monoisotopic (exact) mass is 293 g/mol. The largest absolute Gasteiger partial charge is 0.378 e. The second-order valence-corrected chi connectivity index (χ2v) is 5.10. The lowest BCUT2D eigenvalue weighted by molar-refractivity contribution is 0.532. The highest BCUT2D eigenvalue weighted by Crippen LogP contribution is 2.18. The smallest absolute Gasteiger partial charge is 0.0729 e. The number of hydrogen-bond donors (Lipinski definition) is 1. The van der Waals surface area contributed by atoms with Crippen LogP contribution in [0.2, 0.25) is 0 Å². The molecule has 1 N–H and O–H groups in total. The molecule has 1 aromatic heterocycles. The van der Waals surface area contributed by atoms with Crippen molar-refractivity contribution >= 4 is 21.6 Å². The number of nitrogens with one attached hydrogen (secondary N) is 1. The highest BCUT2D eigenvalue weighted by molar-refractivity contribution is 9.10. The molecule has 1 heterocycles. The Balaban J connectivity index is 2.00. The van der Waals surface area contributed by atoms with E-state index in [2.05, 4.69) is 52.3 Å². The average Bonchev–Trinajstić information content (AvgIpc) is 2.77. The first-order valence-electron chi connectivity index (χ1n) is 5.68. The highest BCUT2D eigenvalue weighted by atomic mass is 79.9. The van der Waals surface area contributed by atoms with E-state index < -0.39 is 0 Å². The second-order valence-electron chi connectivity index (χ2n) is 4.25. The SMILES string of the molecule is CC(C)n1cc(NCc2ccccc2Br)cn1. The minimum atomic E-state index is 0.397.